The minimum absolute atomic E-state index is 0.174. The van der Waals surface area contributed by atoms with Crippen molar-refractivity contribution in [1.82, 2.24) is 4.98 Å². The standard InChI is InChI=1S/C17H15NO3/c19-17(20)16-12-6-11-7-14(18-8-13(11)15(12)16)21-9-10-4-2-1-3-5-10/h1-5,7-8,12,15-16H,6,9H2,(H,19,20)/t12-,15-,16+/m1/s1. The first-order chi connectivity index (χ1) is 10.2. The molecule has 21 heavy (non-hydrogen) atoms. The molecule has 0 spiro atoms. The fourth-order valence-electron chi connectivity index (χ4n) is 3.42. The van der Waals surface area contributed by atoms with Crippen LogP contribution >= 0.6 is 0 Å². The van der Waals surface area contributed by atoms with Gasteiger partial charge in [-0.1, -0.05) is 30.3 Å². The van der Waals surface area contributed by atoms with Gasteiger partial charge in [0.15, 0.2) is 0 Å². The maximum atomic E-state index is 11.1. The molecule has 0 amide bonds. The van der Waals surface area contributed by atoms with Crippen LogP contribution < -0.4 is 4.74 Å². The van der Waals surface area contributed by atoms with Crippen LogP contribution in [0.5, 0.6) is 5.88 Å². The molecule has 3 atom stereocenters. The molecular weight excluding hydrogens is 266 g/mol. The Kier molecular flexibility index (Phi) is 2.70. The molecule has 4 rings (SSSR count). The van der Waals surface area contributed by atoms with Gasteiger partial charge in [0.2, 0.25) is 5.88 Å². The molecule has 4 nitrogen and oxygen atoms in total. The number of pyridine rings is 1. The first kappa shape index (κ1) is 12.4. The zero-order chi connectivity index (χ0) is 14.4. The summed E-state index contributed by atoms with van der Waals surface area (Å²) in [6.45, 7) is 0.497. The van der Waals surface area contributed by atoms with E-state index in [1.54, 1.807) is 6.20 Å². The average molecular weight is 281 g/mol. The van der Waals surface area contributed by atoms with E-state index in [0.717, 1.165) is 17.5 Å². The van der Waals surface area contributed by atoms with Gasteiger partial charge in [-0.3, -0.25) is 4.79 Å². The maximum Gasteiger partial charge on any atom is 0.307 e. The van der Waals surface area contributed by atoms with Crippen LogP contribution in [0, 0.1) is 11.8 Å². The SMILES string of the molecule is O=C(O)[C@H]1[C@@H]2Cc3cc(OCc4ccccc4)ncc3[C@@H]21. The first-order valence-electron chi connectivity index (χ1n) is 7.12. The molecule has 2 aromatic rings. The Morgan fingerprint density at radius 3 is 2.90 bits per heavy atom. The second-order valence-electron chi connectivity index (χ2n) is 5.75. The number of nitrogens with zero attached hydrogens (tertiary/aromatic N) is 1. The summed E-state index contributed by atoms with van der Waals surface area (Å²) in [7, 11) is 0. The van der Waals surface area contributed by atoms with E-state index in [0.29, 0.717) is 12.5 Å². The smallest absolute Gasteiger partial charge is 0.307 e. The molecule has 0 radical (unpaired) electrons. The second kappa shape index (κ2) is 4.58. The predicted molar refractivity (Wildman–Crippen MR) is 76.1 cm³/mol. The van der Waals surface area contributed by atoms with Crippen molar-refractivity contribution < 1.29 is 14.6 Å². The van der Waals surface area contributed by atoms with Crippen LogP contribution in [0.25, 0.3) is 0 Å². The number of hydrogen-bond acceptors (Lipinski definition) is 3. The Bertz CT molecular complexity index is 698. The van der Waals surface area contributed by atoms with Gasteiger partial charge >= 0.3 is 5.97 Å². The monoisotopic (exact) mass is 281 g/mol. The van der Waals surface area contributed by atoms with Crippen molar-refractivity contribution >= 4 is 5.97 Å². The van der Waals surface area contributed by atoms with E-state index in [9.17, 15) is 4.79 Å². The molecule has 0 bridgehead atoms. The Morgan fingerprint density at radius 1 is 1.33 bits per heavy atom. The number of ether oxygens (including phenoxy) is 1. The van der Waals surface area contributed by atoms with Crippen LogP contribution in [-0.4, -0.2) is 16.1 Å². The topological polar surface area (TPSA) is 59.4 Å². The van der Waals surface area contributed by atoms with E-state index < -0.39 is 5.97 Å². The number of hydrogen-bond donors (Lipinski definition) is 1. The summed E-state index contributed by atoms with van der Waals surface area (Å²) in [4.78, 5) is 15.4. The van der Waals surface area contributed by atoms with Crippen LogP contribution in [-0.2, 0) is 17.8 Å². The molecular formula is C17H15NO3. The van der Waals surface area contributed by atoms with Crippen LogP contribution in [0.4, 0.5) is 0 Å². The third-order valence-electron chi connectivity index (χ3n) is 4.50. The molecule has 2 aliphatic carbocycles. The van der Waals surface area contributed by atoms with E-state index in [1.165, 1.54) is 5.56 Å². The van der Waals surface area contributed by atoms with Crippen molar-refractivity contribution in [1.29, 1.82) is 0 Å². The van der Waals surface area contributed by atoms with Crippen LogP contribution in [0.2, 0.25) is 0 Å². The normalized spacial score (nSPS) is 25.0. The summed E-state index contributed by atoms with van der Waals surface area (Å²) in [5, 5.41) is 9.10. The Hall–Kier alpha value is -2.36. The summed E-state index contributed by atoms with van der Waals surface area (Å²) < 4.78 is 5.71. The molecule has 1 heterocycles. The van der Waals surface area contributed by atoms with Gasteiger partial charge in [0, 0.05) is 18.2 Å². The molecule has 0 saturated heterocycles. The maximum absolute atomic E-state index is 11.1. The number of carbonyl (C=O) groups is 1. The van der Waals surface area contributed by atoms with Crippen molar-refractivity contribution in [2.24, 2.45) is 11.8 Å². The van der Waals surface area contributed by atoms with Crippen LogP contribution in [0.3, 0.4) is 0 Å². The van der Waals surface area contributed by atoms with Gasteiger partial charge in [0.25, 0.3) is 0 Å². The minimum Gasteiger partial charge on any atom is -0.481 e. The van der Waals surface area contributed by atoms with E-state index in [4.69, 9.17) is 9.84 Å². The lowest BCUT2D eigenvalue weighted by Gasteiger charge is -2.09. The van der Waals surface area contributed by atoms with E-state index >= 15 is 0 Å². The summed E-state index contributed by atoms with van der Waals surface area (Å²) >= 11 is 0. The van der Waals surface area contributed by atoms with E-state index in [2.05, 4.69) is 4.98 Å². The van der Waals surface area contributed by atoms with Gasteiger partial charge in [-0.15, -0.1) is 0 Å². The Labute approximate surface area is 122 Å². The van der Waals surface area contributed by atoms with E-state index in [1.807, 2.05) is 36.4 Å². The van der Waals surface area contributed by atoms with Gasteiger partial charge in [0.05, 0.1) is 5.92 Å². The molecule has 1 N–H and O–H groups in total. The average Bonchev–Trinajstić information content (AvgIpc) is 3.10. The molecule has 1 aromatic carbocycles. The van der Waals surface area contributed by atoms with Gasteiger partial charge in [-0.05, 0) is 29.0 Å². The van der Waals surface area contributed by atoms with Crippen molar-refractivity contribution in [2.45, 2.75) is 18.9 Å². The lowest BCUT2D eigenvalue weighted by molar-refractivity contribution is -0.139. The molecule has 2 aliphatic rings. The summed E-state index contributed by atoms with van der Waals surface area (Å²) in [6.07, 6.45) is 2.63. The minimum atomic E-state index is -0.681. The number of rotatable bonds is 4. The van der Waals surface area contributed by atoms with Crippen molar-refractivity contribution in [3.8, 4) is 5.88 Å². The second-order valence-corrected chi connectivity index (χ2v) is 5.75. The van der Waals surface area contributed by atoms with Gasteiger partial charge in [0.1, 0.15) is 6.61 Å². The van der Waals surface area contributed by atoms with Crippen LogP contribution in [0.1, 0.15) is 22.6 Å². The number of aliphatic carboxylic acids is 1. The number of aromatic nitrogens is 1. The van der Waals surface area contributed by atoms with Gasteiger partial charge < -0.3 is 9.84 Å². The fourth-order valence-corrected chi connectivity index (χ4v) is 3.42. The zero-order valence-corrected chi connectivity index (χ0v) is 11.4. The number of fused-ring (bicyclic) bond motifs is 3. The number of carboxylic acids is 1. The van der Waals surface area contributed by atoms with Crippen molar-refractivity contribution in [3.05, 3.63) is 59.3 Å². The first-order valence-corrected chi connectivity index (χ1v) is 7.12. The molecule has 0 unspecified atom stereocenters. The summed E-state index contributed by atoms with van der Waals surface area (Å²) in [6, 6.07) is 11.9. The molecule has 0 aliphatic heterocycles. The third-order valence-corrected chi connectivity index (χ3v) is 4.50. The Balaban J connectivity index is 1.47. The fraction of sp³-hybridized carbons (Fsp3) is 0.294. The van der Waals surface area contributed by atoms with Crippen molar-refractivity contribution in [2.75, 3.05) is 0 Å². The van der Waals surface area contributed by atoms with Crippen molar-refractivity contribution in [3.63, 3.8) is 0 Å². The highest BCUT2D eigenvalue weighted by Gasteiger charge is 2.59. The Morgan fingerprint density at radius 2 is 2.14 bits per heavy atom. The molecule has 1 fully saturated rings. The number of benzene rings is 1. The third kappa shape index (κ3) is 2.07. The summed E-state index contributed by atoms with van der Waals surface area (Å²) in [5.41, 5.74) is 3.40. The predicted octanol–water partition coefficient (Wildman–Crippen LogP) is 2.63. The highest BCUT2D eigenvalue weighted by molar-refractivity contribution is 5.77. The molecule has 106 valence electrons. The molecule has 1 saturated carbocycles. The lowest BCUT2D eigenvalue weighted by Crippen LogP contribution is -2.06. The number of carboxylic acid groups (broad SMARTS) is 1. The quantitative estimate of drug-likeness (QED) is 0.936. The highest BCUT2D eigenvalue weighted by atomic mass is 16.5. The van der Waals surface area contributed by atoms with Gasteiger partial charge in [-0.25, -0.2) is 4.98 Å². The molecule has 1 aromatic heterocycles. The largest absolute Gasteiger partial charge is 0.481 e. The van der Waals surface area contributed by atoms with E-state index in [-0.39, 0.29) is 17.8 Å². The van der Waals surface area contributed by atoms with Gasteiger partial charge in [-0.2, -0.15) is 0 Å². The highest BCUT2D eigenvalue weighted by Crippen LogP contribution is 2.61. The molecule has 4 heteroatoms. The zero-order valence-electron chi connectivity index (χ0n) is 11.4. The van der Waals surface area contributed by atoms with Crippen LogP contribution in [0.15, 0.2) is 42.6 Å². The summed E-state index contributed by atoms with van der Waals surface area (Å²) in [5.74, 6) is 0.179. The lowest BCUT2D eigenvalue weighted by atomic mass is 10.0.